The Balaban J connectivity index is 2.12. The Hall–Kier alpha value is -2.16. The van der Waals surface area contributed by atoms with Gasteiger partial charge in [-0.25, -0.2) is 0 Å². The average Bonchev–Trinajstić information content (AvgIpc) is 3.19. The molecule has 3 aromatic heterocycles. The van der Waals surface area contributed by atoms with E-state index < -0.39 is 0 Å². The van der Waals surface area contributed by atoms with Gasteiger partial charge in [-0.2, -0.15) is 5.10 Å². The van der Waals surface area contributed by atoms with Gasteiger partial charge in [0.25, 0.3) is 10.6 Å². The minimum Gasteiger partial charge on any atom is -0.312 e. The van der Waals surface area contributed by atoms with Gasteiger partial charge in [-0.15, -0.1) is 20.0 Å². The molecule has 8 nitrogen and oxygen atoms in total. The topological polar surface area (TPSA) is 76.6 Å². The lowest BCUT2D eigenvalue weighted by Gasteiger charge is -2.15. The summed E-state index contributed by atoms with van der Waals surface area (Å²) in [5, 5.41) is 23.5. The number of azo groups is 1. The van der Waals surface area contributed by atoms with Gasteiger partial charge in [0, 0.05) is 44.3 Å². The number of nitrogens with zero attached hydrogens (tertiary/aromatic N) is 8. The van der Waals surface area contributed by atoms with E-state index in [1.54, 1.807) is 4.63 Å². The van der Waals surface area contributed by atoms with Gasteiger partial charge in [-0.3, -0.25) is 0 Å². The predicted molar refractivity (Wildman–Crippen MR) is 106 cm³/mol. The Morgan fingerprint density at radius 2 is 1.74 bits per heavy atom. The third kappa shape index (κ3) is 3.65. The summed E-state index contributed by atoms with van der Waals surface area (Å²) in [6.07, 6.45) is 0. The van der Waals surface area contributed by atoms with Crippen LogP contribution in [0.3, 0.4) is 0 Å². The Labute approximate surface area is 163 Å². The SMILES string of the molecule is CC(C)c1nn2nc(C(C)(C)C)c(N=Nc3n[n+](C(C)(C)C)cs3)c2n1C. The lowest BCUT2D eigenvalue weighted by atomic mass is 9.91. The van der Waals surface area contributed by atoms with Crippen LogP contribution in [0.2, 0.25) is 0 Å². The molecule has 3 rings (SSSR count). The number of hydrogen-bond acceptors (Lipinski definition) is 6. The molecule has 3 heterocycles. The van der Waals surface area contributed by atoms with E-state index in [1.165, 1.54) is 11.3 Å². The van der Waals surface area contributed by atoms with Gasteiger partial charge in [-0.1, -0.05) is 39.3 Å². The van der Waals surface area contributed by atoms with E-state index >= 15 is 0 Å². The summed E-state index contributed by atoms with van der Waals surface area (Å²) < 4.78 is 5.64. The zero-order chi connectivity index (χ0) is 20.1. The Morgan fingerprint density at radius 3 is 2.26 bits per heavy atom. The second-order valence-corrected chi connectivity index (χ2v) is 9.97. The van der Waals surface area contributed by atoms with Crippen LogP contribution in [0.25, 0.3) is 5.65 Å². The van der Waals surface area contributed by atoms with Crippen molar-refractivity contribution in [3.8, 4) is 0 Å². The van der Waals surface area contributed by atoms with Crippen molar-refractivity contribution < 1.29 is 4.68 Å². The van der Waals surface area contributed by atoms with Gasteiger partial charge < -0.3 is 4.57 Å². The van der Waals surface area contributed by atoms with Crippen molar-refractivity contribution in [3.63, 3.8) is 0 Å². The molecule has 0 bridgehead atoms. The molecule has 0 saturated carbocycles. The smallest absolute Gasteiger partial charge is 0.299 e. The van der Waals surface area contributed by atoms with E-state index in [1.807, 2.05) is 17.2 Å². The monoisotopic (exact) mass is 389 g/mol. The maximum Gasteiger partial charge on any atom is 0.299 e. The molecule has 0 spiro atoms. The third-order valence-electron chi connectivity index (χ3n) is 4.28. The molecule has 0 aliphatic rings. The average molecular weight is 390 g/mol. The maximum absolute atomic E-state index is 4.71. The highest BCUT2D eigenvalue weighted by Gasteiger charge is 2.29. The summed E-state index contributed by atoms with van der Waals surface area (Å²) >= 11 is 1.47. The molecule has 146 valence electrons. The van der Waals surface area contributed by atoms with Crippen LogP contribution in [-0.4, -0.2) is 24.5 Å². The number of fused-ring (bicyclic) bond motifs is 1. The highest BCUT2D eigenvalue weighted by Crippen LogP contribution is 2.36. The molecular weight excluding hydrogens is 360 g/mol. The maximum atomic E-state index is 4.71. The van der Waals surface area contributed by atoms with Crippen molar-refractivity contribution in [1.82, 2.24) is 24.5 Å². The largest absolute Gasteiger partial charge is 0.312 e. The Bertz CT molecular complexity index is 991. The molecule has 0 aliphatic carbocycles. The second kappa shape index (κ2) is 6.47. The molecule has 9 heteroatoms. The fourth-order valence-corrected chi connectivity index (χ4v) is 3.59. The van der Waals surface area contributed by atoms with E-state index in [4.69, 9.17) is 5.10 Å². The molecule has 0 N–H and O–H groups in total. The van der Waals surface area contributed by atoms with Crippen LogP contribution in [0, 0.1) is 0 Å². The summed E-state index contributed by atoms with van der Waals surface area (Å²) in [6, 6.07) is 0. The van der Waals surface area contributed by atoms with E-state index in [0.717, 1.165) is 22.9 Å². The first-order valence-electron chi connectivity index (χ1n) is 9.15. The summed E-state index contributed by atoms with van der Waals surface area (Å²) in [4.78, 5) is 0. The summed E-state index contributed by atoms with van der Waals surface area (Å²) in [5.74, 6) is 1.26. The Kier molecular flexibility index (Phi) is 4.70. The van der Waals surface area contributed by atoms with Crippen LogP contribution in [0.5, 0.6) is 0 Å². The van der Waals surface area contributed by atoms with Crippen LogP contribution in [0.15, 0.2) is 15.7 Å². The zero-order valence-corrected chi connectivity index (χ0v) is 18.5. The van der Waals surface area contributed by atoms with Gasteiger partial charge in [0.05, 0.1) is 5.69 Å². The number of rotatable bonds is 3. The van der Waals surface area contributed by atoms with E-state index in [2.05, 4.69) is 80.4 Å². The summed E-state index contributed by atoms with van der Waals surface area (Å²) in [7, 11) is 2.00. The quantitative estimate of drug-likeness (QED) is 0.492. The summed E-state index contributed by atoms with van der Waals surface area (Å²) in [5.41, 5.74) is 4.19. The molecule has 0 unspecified atom stereocenters. The second-order valence-electron chi connectivity index (χ2n) is 9.15. The van der Waals surface area contributed by atoms with Crippen molar-refractivity contribution in [2.75, 3.05) is 0 Å². The summed E-state index contributed by atoms with van der Waals surface area (Å²) in [6.45, 7) is 16.9. The lowest BCUT2D eigenvalue weighted by molar-refractivity contribution is -0.800. The van der Waals surface area contributed by atoms with Gasteiger partial charge >= 0.3 is 0 Å². The molecule has 27 heavy (non-hydrogen) atoms. The molecule has 0 radical (unpaired) electrons. The van der Waals surface area contributed by atoms with E-state index in [-0.39, 0.29) is 11.0 Å². The van der Waals surface area contributed by atoms with Gasteiger partial charge in [-0.05, 0) is 11.3 Å². The minimum absolute atomic E-state index is 0.0833. The van der Waals surface area contributed by atoms with Crippen LogP contribution < -0.4 is 4.68 Å². The first kappa shape index (κ1) is 19.6. The minimum atomic E-state index is -0.172. The van der Waals surface area contributed by atoms with E-state index in [9.17, 15) is 0 Å². The number of aromatic nitrogens is 6. The van der Waals surface area contributed by atoms with Gasteiger partial charge in [0.2, 0.25) is 0 Å². The molecule has 0 aromatic carbocycles. The molecule has 0 saturated heterocycles. The van der Waals surface area contributed by atoms with Crippen molar-refractivity contribution >= 4 is 27.8 Å². The number of aryl methyl sites for hydroxylation is 1. The van der Waals surface area contributed by atoms with Crippen molar-refractivity contribution in [2.24, 2.45) is 17.3 Å². The predicted octanol–water partition coefficient (Wildman–Crippen LogP) is 4.40. The molecule has 3 aromatic rings. The fourth-order valence-electron chi connectivity index (χ4n) is 2.81. The zero-order valence-electron chi connectivity index (χ0n) is 17.6. The van der Waals surface area contributed by atoms with Crippen molar-refractivity contribution in [1.29, 1.82) is 0 Å². The Morgan fingerprint density at radius 1 is 1.07 bits per heavy atom. The standard InChI is InChI=1S/C18H29N8S/c1-11(2)14-22-26-15(24(14)9)12(13(21-26)17(3,4)5)19-20-16-23-25(10-27-16)18(6,7)8/h10-11H,1-9H3/q+1. The third-order valence-corrected chi connectivity index (χ3v) is 4.96. The van der Waals surface area contributed by atoms with Crippen molar-refractivity contribution in [3.05, 3.63) is 17.0 Å². The normalized spacial score (nSPS) is 13.6. The highest BCUT2D eigenvalue weighted by atomic mass is 32.1. The van der Waals surface area contributed by atoms with Gasteiger partial charge in [0.15, 0.2) is 16.9 Å². The van der Waals surface area contributed by atoms with Crippen LogP contribution in [-0.2, 0) is 18.0 Å². The first-order chi connectivity index (χ1) is 12.4. The molecule has 0 amide bonds. The lowest BCUT2D eigenvalue weighted by Crippen LogP contribution is -2.51. The van der Waals surface area contributed by atoms with Crippen LogP contribution in [0.4, 0.5) is 10.8 Å². The molecule has 0 atom stereocenters. The highest BCUT2D eigenvalue weighted by molar-refractivity contribution is 7.12. The molecule has 0 aliphatic heterocycles. The van der Waals surface area contributed by atoms with E-state index in [0.29, 0.717) is 11.0 Å². The molecular formula is C18H29N8S+. The van der Waals surface area contributed by atoms with Gasteiger partial charge in [0.1, 0.15) is 5.82 Å². The van der Waals surface area contributed by atoms with Crippen LogP contribution >= 0.6 is 11.3 Å². The number of hydrogen-bond donors (Lipinski definition) is 0. The fraction of sp³-hybridized carbons (Fsp3) is 0.667. The first-order valence-corrected chi connectivity index (χ1v) is 10.0. The van der Waals surface area contributed by atoms with Crippen molar-refractivity contribution in [2.45, 2.75) is 72.3 Å². The van der Waals surface area contributed by atoms with Crippen LogP contribution in [0.1, 0.15) is 72.8 Å². The molecule has 0 fully saturated rings.